The van der Waals surface area contributed by atoms with Gasteiger partial charge in [-0.25, -0.2) is 4.98 Å². The predicted molar refractivity (Wildman–Crippen MR) is 95.8 cm³/mol. The van der Waals surface area contributed by atoms with Crippen molar-refractivity contribution in [2.75, 3.05) is 12.4 Å². The van der Waals surface area contributed by atoms with Crippen LogP contribution < -0.4 is 10.1 Å². The second-order valence-corrected chi connectivity index (χ2v) is 5.45. The monoisotopic (exact) mass is 330 g/mol. The number of anilines is 1. The highest BCUT2D eigenvalue weighted by Gasteiger charge is 2.13. The Balaban J connectivity index is 1.73. The number of carbonyl (C=O) groups is 1. The van der Waals surface area contributed by atoms with E-state index in [9.17, 15) is 4.79 Å². The molecular formula is C19H14N4O2. The molecule has 0 aliphatic rings. The van der Waals surface area contributed by atoms with Gasteiger partial charge in [-0.3, -0.25) is 14.8 Å². The standard InChI is InChI=1S/C19H14N4O2/c1-25-13-9-12-5-4-8-20-18(12)16(10-13)23-19(24)17-11-21-14-6-2-3-7-15(14)22-17/h2-11H,1H3,(H,23,24). The molecular weight excluding hydrogens is 316 g/mol. The van der Waals surface area contributed by atoms with Gasteiger partial charge in [-0.15, -0.1) is 0 Å². The zero-order valence-corrected chi connectivity index (χ0v) is 13.4. The van der Waals surface area contributed by atoms with Crippen LogP contribution in [0.2, 0.25) is 0 Å². The maximum absolute atomic E-state index is 12.6. The molecule has 0 saturated carbocycles. The topological polar surface area (TPSA) is 77.0 Å². The smallest absolute Gasteiger partial charge is 0.275 e. The lowest BCUT2D eigenvalue weighted by Gasteiger charge is -2.10. The van der Waals surface area contributed by atoms with Crippen molar-refractivity contribution in [3.63, 3.8) is 0 Å². The highest BCUT2D eigenvalue weighted by Crippen LogP contribution is 2.28. The molecule has 2 heterocycles. The lowest BCUT2D eigenvalue weighted by molar-refractivity contribution is 0.102. The van der Waals surface area contributed by atoms with E-state index in [4.69, 9.17) is 4.74 Å². The van der Waals surface area contributed by atoms with Crippen molar-refractivity contribution < 1.29 is 9.53 Å². The Morgan fingerprint density at radius 3 is 2.72 bits per heavy atom. The summed E-state index contributed by atoms with van der Waals surface area (Å²) < 4.78 is 5.30. The number of nitrogens with zero attached hydrogens (tertiary/aromatic N) is 3. The van der Waals surface area contributed by atoms with Gasteiger partial charge in [-0.1, -0.05) is 18.2 Å². The highest BCUT2D eigenvalue weighted by atomic mass is 16.5. The van der Waals surface area contributed by atoms with Crippen LogP contribution in [-0.2, 0) is 0 Å². The maximum Gasteiger partial charge on any atom is 0.275 e. The second-order valence-electron chi connectivity index (χ2n) is 5.45. The van der Waals surface area contributed by atoms with E-state index in [1.165, 1.54) is 6.20 Å². The first-order valence-corrected chi connectivity index (χ1v) is 7.70. The number of benzene rings is 2. The van der Waals surface area contributed by atoms with Crippen molar-refractivity contribution >= 4 is 33.5 Å². The molecule has 0 aliphatic heterocycles. The minimum absolute atomic E-state index is 0.241. The molecule has 0 unspecified atom stereocenters. The average molecular weight is 330 g/mol. The van der Waals surface area contributed by atoms with Crippen molar-refractivity contribution in [3.05, 3.63) is 66.6 Å². The number of para-hydroxylation sites is 2. The number of hydrogen-bond acceptors (Lipinski definition) is 5. The molecule has 0 spiro atoms. The van der Waals surface area contributed by atoms with E-state index in [-0.39, 0.29) is 11.6 Å². The lowest BCUT2D eigenvalue weighted by Crippen LogP contribution is -2.14. The number of aromatic nitrogens is 3. The van der Waals surface area contributed by atoms with Gasteiger partial charge >= 0.3 is 0 Å². The third-order valence-corrected chi connectivity index (χ3v) is 3.84. The van der Waals surface area contributed by atoms with Crippen molar-refractivity contribution in [1.82, 2.24) is 15.0 Å². The normalized spacial score (nSPS) is 10.8. The van der Waals surface area contributed by atoms with Crippen molar-refractivity contribution in [1.29, 1.82) is 0 Å². The summed E-state index contributed by atoms with van der Waals surface area (Å²) >= 11 is 0. The van der Waals surface area contributed by atoms with Crippen LogP contribution in [0.25, 0.3) is 21.9 Å². The van der Waals surface area contributed by atoms with Crippen molar-refractivity contribution in [3.8, 4) is 5.75 Å². The summed E-state index contributed by atoms with van der Waals surface area (Å²) in [5, 5.41) is 3.73. The van der Waals surface area contributed by atoms with E-state index < -0.39 is 0 Å². The van der Waals surface area contributed by atoms with Gasteiger partial charge in [-0.2, -0.15) is 0 Å². The highest BCUT2D eigenvalue weighted by molar-refractivity contribution is 6.08. The predicted octanol–water partition coefficient (Wildman–Crippen LogP) is 3.44. The number of hydrogen-bond donors (Lipinski definition) is 1. The van der Waals surface area contributed by atoms with E-state index in [0.717, 1.165) is 10.9 Å². The Hall–Kier alpha value is -3.54. The SMILES string of the molecule is COc1cc(NC(=O)c2cnc3ccccc3n2)c2ncccc2c1. The molecule has 0 radical (unpaired) electrons. The molecule has 1 amide bonds. The van der Waals surface area contributed by atoms with Gasteiger partial charge in [0.15, 0.2) is 0 Å². The minimum Gasteiger partial charge on any atom is -0.497 e. The van der Waals surface area contributed by atoms with Crippen molar-refractivity contribution in [2.24, 2.45) is 0 Å². The molecule has 4 rings (SSSR count). The van der Waals surface area contributed by atoms with Gasteiger partial charge in [0.2, 0.25) is 0 Å². The van der Waals surface area contributed by atoms with Crippen LogP contribution in [0.15, 0.2) is 60.9 Å². The van der Waals surface area contributed by atoms with E-state index in [2.05, 4.69) is 20.3 Å². The largest absolute Gasteiger partial charge is 0.497 e. The summed E-state index contributed by atoms with van der Waals surface area (Å²) in [6.45, 7) is 0. The summed E-state index contributed by atoms with van der Waals surface area (Å²) in [6, 6.07) is 14.8. The average Bonchev–Trinajstić information content (AvgIpc) is 2.67. The molecule has 0 fully saturated rings. The minimum atomic E-state index is -0.349. The molecule has 1 N–H and O–H groups in total. The van der Waals surface area contributed by atoms with Crippen LogP contribution in [0.3, 0.4) is 0 Å². The molecule has 0 atom stereocenters. The number of pyridine rings is 1. The Kier molecular flexibility index (Phi) is 3.70. The summed E-state index contributed by atoms with van der Waals surface area (Å²) in [5.74, 6) is 0.291. The van der Waals surface area contributed by atoms with Gasteiger partial charge in [0.25, 0.3) is 5.91 Å². The Labute approximate surface area is 143 Å². The zero-order chi connectivity index (χ0) is 17.2. The molecule has 122 valence electrons. The second kappa shape index (κ2) is 6.16. The van der Waals surface area contributed by atoms with Crippen LogP contribution in [-0.4, -0.2) is 28.0 Å². The van der Waals surface area contributed by atoms with Crippen LogP contribution >= 0.6 is 0 Å². The van der Waals surface area contributed by atoms with Crippen LogP contribution in [0.4, 0.5) is 5.69 Å². The number of carbonyl (C=O) groups excluding carboxylic acids is 1. The van der Waals surface area contributed by atoms with E-state index >= 15 is 0 Å². The molecule has 2 aromatic carbocycles. The summed E-state index contributed by atoms with van der Waals surface area (Å²) in [5.41, 5.74) is 2.90. The van der Waals surface area contributed by atoms with Gasteiger partial charge in [0, 0.05) is 17.6 Å². The van der Waals surface area contributed by atoms with Crippen LogP contribution in [0, 0.1) is 0 Å². The number of fused-ring (bicyclic) bond motifs is 2. The zero-order valence-electron chi connectivity index (χ0n) is 13.4. The van der Waals surface area contributed by atoms with Gasteiger partial charge in [0.1, 0.15) is 11.4 Å². The third kappa shape index (κ3) is 2.85. The van der Waals surface area contributed by atoms with E-state index in [1.54, 1.807) is 19.4 Å². The fourth-order valence-corrected chi connectivity index (χ4v) is 2.63. The van der Waals surface area contributed by atoms with E-state index in [0.29, 0.717) is 22.5 Å². The fourth-order valence-electron chi connectivity index (χ4n) is 2.63. The Bertz CT molecular complexity index is 1090. The number of nitrogens with one attached hydrogen (secondary N) is 1. The first-order valence-electron chi connectivity index (χ1n) is 7.70. The van der Waals surface area contributed by atoms with Crippen molar-refractivity contribution in [2.45, 2.75) is 0 Å². The molecule has 0 saturated heterocycles. The first-order chi connectivity index (χ1) is 12.2. The number of methoxy groups -OCH3 is 1. The van der Waals surface area contributed by atoms with Gasteiger partial charge < -0.3 is 10.1 Å². The summed E-state index contributed by atoms with van der Waals surface area (Å²) in [7, 11) is 1.58. The molecule has 2 aromatic heterocycles. The lowest BCUT2D eigenvalue weighted by atomic mass is 10.1. The molecule has 6 heteroatoms. The molecule has 0 aliphatic carbocycles. The quantitative estimate of drug-likeness (QED) is 0.622. The van der Waals surface area contributed by atoms with Crippen LogP contribution in [0.1, 0.15) is 10.5 Å². The molecule has 25 heavy (non-hydrogen) atoms. The summed E-state index contributed by atoms with van der Waals surface area (Å²) in [6.07, 6.45) is 3.15. The molecule has 0 bridgehead atoms. The number of rotatable bonds is 3. The van der Waals surface area contributed by atoms with Gasteiger partial charge in [-0.05, 0) is 24.3 Å². The van der Waals surface area contributed by atoms with Crippen LogP contribution in [0.5, 0.6) is 5.75 Å². The summed E-state index contributed by atoms with van der Waals surface area (Å²) in [4.78, 5) is 25.6. The molecule has 6 nitrogen and oxygen atoms in total. The number of ether oxygens (including phenoxy) is 1. The maximum atomic E-state index is 12.6. The fraction of sp³-hybridized carbons (Fsp3) is 0.0526. The third-order valence-electron chi connectivity index (χ3n) is 3.84. The first kappa shape index (κ1) is 15.0. The van der Waals surface area contributed by atoms with E-state index in [1.807, 2.05) is 42.5 Å². The molecule has 4 aromatic rings. The number of amides is 1. The Morgan fingerprint density at radius 1 is 1.04 bits per heavy atom. The Morgan fingerprint density at radius 2 is 1.88 bits per heavy atom. The van der Waals surface area contributed by atoms with Gasteiger partial charge in [0.05, 0.1) is 35.5 Å².